The molecule has 0 aromatic carbocycles. The Kier molecular flexibility index (Phi) is 59.5. The van der Waals surface area contributed by atoms with Gasteiger partial charge < -0.3 is 20.3 Å². The van der Waals surface area contributed by atoms with Crippen LogP contribution >= 0.6 is 0 Å². The fourth-order valence-electron chi connectivity index (χ4n) is 9.71. The normalized spacial score (nSPS) is 12.9. The Hall–Kier alpha value is -2.18. The number of ether oxygens (including phenoxy) is 1. The van der Waals surface area contributed by atoms with Crippen LogP contribution in [0.3, 0.4) is 0 Å². The lowest BCUT2D eigenvalue weighted by atomic mass is 10.0. The van der Waals surface area contributed by atoms with E-state index in [-0.39, 0.29) is 18.5 Å². The van der Waals surface area contributed by atoms with Gasteiger partial charge in [0.2, 0.25) is 5.91 Å². The Bertz CT molecular complexity index is 1210. The van der Waals surface area contributed by atoms with E-state index < -0.39 is 12.1 Å². The first-order valence-electron chi connectivity index (χ1n) is 31.9. The maximum atomic E-state index is 12.5. The minimum atomic E-state index is -0.672. The number of hydrogen-bond donors (Lipinski definition) is 3. The molecule has 72 heavy (non-hydrogen) atoms. The predicted molar refractivity (Wildman–Crippen MR) is 315 cm³/mol. The van der Waals surface area contributed by atoms with Crippen LogP contribution in [-0.2, 0) is 14.3 Å². The van der Waals surface area contributed by atoms with Crippen LogP contribution in [0.4, 0.5) is 0 Å². The zero-order valence-electron chi connectivity index (χ0n) is 48.2. The van der Waals surface area contributed by atoms with Gasteiger partial charge in [0.1, 0.15) is 0 Å². The highest BCUT2D eigenvalue weighted by atomic mass is 16.5. The molecule has 0 aromatic rings. The molecule has 0 aliphatic heterocycles. The molecule has 2 unspecified atom stereocenters. The summed E-state index contributed by atoms with van der Waals surface area (Å²) in [6.07, 6.45) is 78.4. The third-order valence-corrected chi connectivity index (χ3v) is 14.6. The molecule has 0 aliphatic carbocycles. The number of nitrogens with one attached hydrogen (secondary N) is 1. The van der Waals surface area contributed by atoms with E-state index in [4.69, 9.17) is 4.74 Å². The molecule has 2 atom stereocenters. The molecule has 0 aliphatic rings. The summed E-state index contributed by atoms with van der Waals surface area (Å²) in [7, 11) is 0. The minimum absolute atomic E-state index is 0.00842. The number of allylic oxidation sites excluding steroid dienone is 8. The highest BCUT2D eigenvalue weighted by molar-refractivity contribution is 5.76. The van der Waals surface area contributed by atoms with E-state index in [1.54, 1.807) is 0 Å². The van der Waals surface area contributed by atoms with Gasteiger partial charge in [-0.2, -0.15) is 0 Å². The molecule has 0 rings (SSSR count). The summed E-state index contributed by atoms with van der Waals surface area (Å²) in [4.78, 5) is 24.5. The van der Waals surface area contributed by atoms with E-state index in [1.165, 1.54) is 231 Å². The molecule has 0 radical (unpaired) electrons. The summed E-state index contributed by atoms with van der Waals surface area (Å²) in [5.74, 6) is -0.0519. The van der Waals surface area contributed by atoms with Crippen molar-refractivity contribution in [2.75, 3.05) is 13.2 Å². The van der Waals surface area contributed by atoms with Gasteiger partial charge >= 0.3 is 5.97 Å². The van der Waals surface area contributed by atoms with Crippen molar-refractivity contribution >= 4 is 11.9 Å². The number of rotatable bonds is 59. The fourth-order valence-corrected chi connectivity index (χ4v) is 9.71. The molecule has 0 fully saturated rings. The van der Waals surface area contributed by atoms with Gasteiger partial charge in [-0.05, 0) is 83.5 Å². The summed E-state index contributed by atoms with van der Waals surface area (Å²) in [6.45, 7) is 4.89. The Balaban J connectivity index is 3.46. The van der Waals surface area contributed by atoms with Crippen LogP contribution in [0, 0.1) is 0 Å². The number of esters is 1. The van der Waals surface area contributed by atoms with E-state index in [0.717, 1.165) is 70.6 Å². The second kappa shape index (κ2) is 61.4. The molecular formula is C66H123NO5. The lowest BCUT2D eigenvalue weighted by Crippen LogP contribution is -2.45. The Morgan fingerprint density at radius 1 is 0.389 bits per heavy atom. The van der Waals surface area contributed by atoms with E-state index in [1.807, 2.05) is 0 Å². The monoisotopic (exact) mass is 1010 g/mol. The number of hydrogen-bond acceptors (Lipinski definition) is 5. The van der Waals surface area contributed by atoms with Gasteiger partial charge in [0.25, 0.3) is 0 Å². The van der Waals surface area contributed by atoms with Crippen LogP contribution in [0.15, 0.2) is 48.6 Å². The average molecular weight is 1010 g/mol. The van der Waals surface area contributed by atoms with Crippen molar-refractivity contribution in [2.24, 2.45) is 0 Å². The van der Waals surface area contributed by atoms with E-state index in [2.05, 4.69) is 67.8 Å². The third kappa shape index (κ3) is 57.1. The van der Waals surface area contributed by atoms with Crippen molar-refractivity contribution in [1.29, 1.82) is 0 Å². The summed E-state index contributed by atoms with van der Waals surface area (Å²) in [5, 5.41) is 23.4. The summed E-state index contributed by atoms with van der Waals surface area (Å²) in [6, 6.07) is -0.551. The summed E-state index contributed by atoms with van der Waals surface area (Å²) < 4.78 is 5.46. The molecule has 0 spiro atoms. The molecule has 6 nitrogen and oxygen atoms in total. The summed E-state index contributed by atoms with van der Waals surface area (Å²) in [5.41, 5.74) is 0. The van der Waals surface area contributed by atoms with Crippen molar-refractivity contribution in [3.8, 4) is 0 Å². The first-order chi connectivity index (χ1) is 35.5. The molecule has 422 valence electrons. The second-order valence-electron chi connectivity index (χ2n) is 21.7. The standard InChI is InChI=1S/C66H123NO5/c1-3-5-7-9-11-13-15-17-18-19-25-28-31-35-38-42-46-50-54-58-64(69)63(62-68)67-65(70)59-55-51-47-43-39-36-32-29-26-23-21-20-22-24-27-30-33-37-41-45-49-53-57-61-72-66(71)60-56-52-48-44-40-34-16-14-12-10-8-6-4-2/h8,10,14,16,20,22-23,26,63-64,68-69H,3-7,9,11-13,15,17-19,21,24-25,27-62H2,1-2H3,(H,67,70)/b10-8-,16-14-,22-20-,26-23-. The Labute approximate surface area is 448 Å². The van der Waals surface area contributed by atoms with Gasteiger partial charge in [-0.15, -0.1) is 0 Å². The number of carbonyl (C=O) groups excluding carboxylic acids is 2. The van der Waals surface area contributed by atoms with Gasteiger partial charge in [0.05, 0.1) is 25.4 Å². The highest BCUT2D eigenvalue weighted by Gasteiger charge is 2.20. The molecule has 0 saturated carbocycles. The first kappa shape index (κ1) is 69.8. The van der Waals surface area contributed by atoms with Crippen molar-refractivity contribution < 1.29 is 24.5 Å². The number of carbonyl (C=O) groups is 2. The Morgan fingerprint density at radius 3 is 1.11 bits per heavy atom. The first-order valence-corrected chi connectivity index (χ1v) is 31.9. The van der Waals surface area contributed by atoms with E-state index in [9.17, 15) is 19.8 Å². The maximum absolute atomic E-state index is 12.5. The van der Waals surface area contributed by atoms with Crippen LogP contribution < -0.4 is 5.32 Å². The van der Waals surface area contributed by atoms with Crippen molar-refractivity contribution in [1.82, 2.24) is 5.32 Å². The lowest BCUT2D eigenvalue weighted by Gasteiger charge is -2.22. The van der Waals surface area contributed by atoms with Crippen LogP contribution in [0.25, 0.3) is 0 Å². The highest BCUT2D eigenvalue weighted by Crippen LogP contribution is 2.17. The molecule has 3 N–H and O–H groups in total. The van der Waals surface area contributed by atoms with Gasteiger partial charge in [-0.3, -0.25) is 9.59 Å². The average Bonchev–Trinajstić information content (AvgIpc) is 3.38. The SMILES string of the molecule is CCC/C=C\C/C=C\CCCCCCCC(=O)OCCCCCCCCCCC/C=C\C/C=C\CCCCCCCCCC(=O)NC(CO)C(O)CCCCCCCCCCCCCCCCCCCCC. The number of unbranched alkanes of at least 4 members (excludes halogenated alkanes) is 40. The Morgan fingerprint density at radius 2 is 0.722 bits per heavy atom. The van der Waals surface area contributed by atoms with Crippen molar-refractivity contribution in [3.63, 3.8) is 0 Å². The number of aliphatic hydroxyl groups excluding tert-OH is 2. The quantitative estimate of drug-likeness (QED) is 0.0320. The van der Waals surface area contributed by atoms with Crippen molar-refractivity contribution in [3.05, 3.63) is 48.6 Å². The molecule has 1 amide bonds. The summed E-state index contributed by atoms with van der Waals surface area (Å²) >= 11 is 0. The molecule has 0 heterocycles. The molecule has 6 heteroatoms. The molecular weight excluding hydrogens is 887 g/mol. The fraction of sp³-hybridized carbons (Fsp3) is 0.848. The lowest BCUT2D eigenvalue weighted by molar-refractivity contribution is -0.143. The maximum Gasteiger partial charge on any atom is 0.305 e. The van der Waals surface area contributed by atoms with Gasteiger partial charge in [0.15, 0.2) is 0 Å². The zero-order chi connectivity index (χ0) is 52.2. The molecule has 0 bridgehead atoms. The van der Waals surface area contributed by atoms with Crippen LogP contribution in [-0.4, -0.2) is 47.4 Å². The predicted octanol–water partition coefficient (Wildman–Crippen LogP) is 20.1. The molecule has 0 aromatic heterocycles. The smallest absolute Gasteiger partial charge is 0.305 e. The van der Waals surface area contributed by atoms with Gasteiger partial charge in [-0.1, -0.05) is 287 Å². The number of amides is 1. The van der Waals surface area contributed by atoms with Crippen LogP contribution in [0.5, 0.6) is 0 Å². The zero-order valence-corrected chi connectivity index (χ0v) is 48.2. The number of aliphatic hydroxyl groups is 2. The van der Waals surface area contributed by atoms with Gasteiger partial charge in [-0.25, -0.2) is 0 Å². The van der Waals surface area contributed by atoms with E-state index >= 15 is 0 Å². The minimum Gasteiger partial charge on any atom is -0.466 e. The van der Waals surface area contributed by atoms with Crippen LogP contribution in [0.1, 0.15) is 335 Å². The molecule has 0 saturated heterocycles. The third-order valence-electron chi connectivity index (χ3n) is 14.6. The largest absolute Gasteiger partial charge is 0.466 e. The van der Waals surface area contributed by atoms with Crippen molar-refractivity contribution in [2.45, 2.75) is 347 Å². The topological polar surface area (TPSA) is 95.9 Å². The van der Waals surface area contributed by atoms with Crippen LogP contribution in [0.2, 0.25) is 0 Å². The second-order valence-corrected chi connectivity index (χ2v) is 21.7. The van der Waals surface area contributed by atoms with E-state index in [0.29, 0.717) is 25.9 Å². The van der Waals surface area contributed by atoms with Gasteiger partial charge in [0, 0.05) is 12.8 Å².